The molecular weight excluding hydrogens is 378 g/mol. The molecule has 0 aliphatic carbocycles. The Morgan fingerprint density at radius 1 is 1.10 bits per heavy atom. The highest BCUT2D eigenvalue weighted by molar-refractivity contribution is 8.05. The molecule has 1 aliphatic heterocycles. The predicted molar refractivity (Wildman–Crippen MR) is 122 cm³/mol. The molecule has 148 valence electrons. The van der Waals surface area contributed by atoms with Gasteiger partial charge < -0.3 is 15.2 Å². The molecule has 0 saturated carbocycles. The van der Waals surface area contributed by atoms with Crippen LogP contribution in [0.15, 0.2) is 65.6 Å². The minimum atomic E-state index is -0.168. The van der Waals surface area contributed by atoms with Crippen LogP contribution in [0.3, 0.4) is 0 Å². The van der Waals surface area contributed by atoms with Crippen molar-refractivity contribution in [2.24, 2.45) is 0 Å². The summed E-state index contributed by atoms with van der Waals surface area (Å²) >= 11 is 1.52. The highest BCUT2D eigenvalue weighted by Crippen LogP contribution is 2.32. The van der Waals surface area contributed by atoms with Gasteiger partial charge in [-0.15, -0.1) is 0 Å². The van der Waals surface area contributed by atoms with Gasteiger partial charge in [-0.05, 0) is 67.8 Å². The summed E-state index contributed by atoms with van der Waals surface area (Å²) in [4.78, 5) is 13.2. The van der Waals surface area contributed by atoms with Crippen LogP contribution in [-0.2, 0) is 11.2 Å². The van der Waals surface area contributed by atoms with E-state index in [2.05, 4.69) is 78.4 Å². The Kier molecular flexibility index (Phi) is 5.49. The molecule has 1 aliphatic rings. The number of hydrogen-bond donors (Lipinski definition) is 2. The lowest BCUT2D eigenvalue weighted by atomic mass is 10.1. The Balaban J connectivity index is 1.53. The Bertz CT molecular complexity index is 1050. The van der Waals surface area contributed by atoms with E-state index in [4.69, 9.17) is 0 Å². The van der Waals surface area contributed by atoms with Crippen molar-refractivity contribution in [2.75, 3.05) is 5.32 Å². The quantitative estimate of drug-likeness (QED) is 0.572. The smallest absolute Gasteiger partial charge is 0.260 e. The largest absolute Gasteiger partial charge is 0.357 e. The maximum Gasteiger partial charge on any atom is 0.260 e. The fraction of sp³-hybridized carbons (Fsp3) is 0.208. The second-order valence-electron chi connectivity index (χ2n) is 7.17. The van der Waals surface area contributed by atoms with Gasteiger partial charge in [0.05, 0.1) is 4.91 Å². The number of thioether (sulfide) groups is 1. The van der Waals surface area contributed by atoms with Crippen molar-refractivity contribution in [3.8, 4) is 5.69 Å². The lowest BCUT2D eigenvalue weighted by Crippen LogP contribution is -2.30. The van der Waals surface area contributed by atoms with Crippen LogP contribution in [0, 0.1) is 13.8 Å². The third-order valence-corrected chi connectivity index (χ3v) is 6.19. The molecule has 1 aromatic heterocycles. The molecule has 1 fully saturated rings. The van der Waals surface area contributed by atoms with Gasteiger partial charge in [-0.2, -0.15) is 0 Å². The maximum atomic E-state index is 12.5. The van der Waals surface area contributed by atoms with E-state index in [1.54, 1.807) is 0 Å². The Hall–Kier alpha value is -2.92. The zero-order valence-electron chi connectivity index (χ0n) is 16.9. The molecule has 4 rings (SSSR count). The number of rotatable bonds is 5. The number of carbonyl (C=O) groups is 1. The number of aromatic nitrogens is 1. The molecule has 2 N–H and O–H groups in total. The monoisotopic (exact) mass is 403 g/mol. The molecule has 0 radical (unpaired) electrons. The number of para-hydroxylation sites is 1. The van der Waals surface area contributed by atoms with Crippen LogP contribution in [0.2, 0.25) is 0 Å². The van der Waals surface area contributed by atoms with Gasteiger partial charge in [-0.3, -0.25) is 4.79 Å². The van der Waals surface area contributed by atoms with Crippen LogP contribution in [0.1, 0.15) is 29.4 Å². The molecule has 2 aromatic carbocycles. The lowest BCUT2D eigenvalue weighted by molar-refractivity contribution is -0.116. The number of aryl methyl sites for hydroxylation is 2. The molecule has 0 bridgehead atoms. The molecule has 1 atom stereocenters. The summed E-state index contributed by atoms with van der Waals surface area (Å²) in [5.41, 5.74) is 6.61. The predicted octanol–water partition coefficient (Wildman–Crippen LogP) is 5.26. The first-order valence-electron chi connectivity index (χ1n) is 9.84. The number of hydrogen-bond acceptors (Lipinski definition) is 3. The van der Waals surface area contributed by atoms with E-state index in [-0.39, 0.29) is 11.4 Å². The molecule has 1 saturated heterocycles. The summed E-state index contributed by atoms with van der Waals surface area (Å²) in [5, 5.41) is 6.39. The van der Waals surface area contributed by atoms with Gasteiger partial charge >= 0.3 is 0 Å². The van der Waals surface area contributed by atoms with Crippen LogP contribution in [-0.4, -0.2) is 16.0 Å². The SMILES string of the molecule is CCc1ccc(N[C@H]2NC(=O)/C(=C\c3cc(C)n(-c4ccccc4)c3C)S2)cc1. The van der Waals surface area contributed by atoms with Gasteiger partial charge in [0.25, 0.3) is 5.91 Å². The number of nitrogens with zero attached hydrogens (tertiary/aromatic N) is 1. The second-order valence-corrected chi connectivity index (χ2v) is 8.32. The second kappa shape index (κ2) is 8.21. The van der Waals surface area contributed by atoms with Gasteiger partial charge in [0.2, 0.25) is 0 Å². The number of carbonyl (C=O) groups excluding carboxylic acids is 1. The van der Waals surface area contributed by atoms with Crippen LogP contribution in [0.5, 0.6) is 0 Å². The fourth-order valence-corrected chi connectivity index (χ4v) is 4.58. The van der Waals surface area contributed by atoms with E-state index in [1.807, 2.05) is 24.3 Å². The summed E-state index contributed by atoms with van der Waals surface area (Å²) in [6.07, 6.45) is 3.01. The summed E-state index contributed by atoms with van der Waals surface area (Å²) in [6.45, 7) is 6.32. The summed E-state index contributed by atoms with van der Waals surface area (Å²) in [5.74, 6) is -0.0396. The van der Waals surface area contributed by atoms with Crippen molar-refractivity contribution >= 4 is 29.4 Å². The highest BCUT2D eigenvalue weighted by Gasteiger charge is 2.27. The van der Waals surface area contributed by atoms with Crippen molar-refractivity contribution in [3.05, 3.63) is 88.1 Å². The Morgan fingerprint density at radius 3 is 2.52 bits per heavy atom. The molecule has 29 heavy (non-hydrogen) atoms. The van der Waals surface area contributed by atoms with Gasteiger partial charge in [-0.1, -0.05) is 49.0 Å². The number of benzene rings is 2. The summed E-state index contributed by atoms with van der Waals surface area (Å²) in [7, 11) is 0. The molecule has 0 spiro atoms. The number of nitrogens with one attached hydrogen (secondary N) is 2. The molecule has 4 nitrogen and oxygen atoms in total. The average molecular weight is 404 g/mol. The van der Waals surface area contributed by atoms with Crippen LogP contribution in [0.25, 0.3) is 11.8 Å². The van der Waals surface area contributed by atoms with E-state index >= 15 is 0 Å². The van der Waals surface area contributed by atoms with E-state index in [1.165, 1.54) is 17.3 Å². The first-order chi connectivity index (χ1) is 14.0. The van der Waals surface area contributed by atoms with E-state index in [0.717, 1.165) is 39.7 Å². The Morgan fingerprint density at radius 2 is 1.83 bits per heavy atom. The molecular formula is C24H25N3OS. The molecule has 0 unspecified atom stereocenters. The topological polar surface area (TPSA) is 46.1 Å². The van der Waals surface area contributed by atoms with Gasteiger partial charge in [0, 0.05) is 22.8 Å². The van der Waals surface area contributed by atoms with Crippen molar-refractivity contribution in [1.29, 1.82) is 0 Å². The van der Waals surface area contributed by atoms with E-state index < -0.39 is 0 Å². The normalized spacial score (nSPS) is 17.6. The van der Waals surface area contributed by atoms with Crippen molar-refractivity contribution in [2.45, 2.75) is 32.7 Å². The van der Waals surface area contributed by atoms with Crippen molar-refractivity contribution in [3.63, 3.8) is 0 Å². The van der Waals surface area contributed by atoms with Crippen molar-refractivity contribution < 1.29 is 4.79 Å². The third kappa shape index (κ3) is 4.10. The van der Waals surface area contributed by atoms with Crippen LogP contribution < -0.4 is 10.6 Å². The highest BCUT2D eigenvalue weighted by atomic mass is 32.2. The van der Waals surface area contributed by atoms with Gasteiger partial charge in [0.15, 0.2) is 5.50 Å². The zero-order valence-corrected chi connectivity index (χ0v) is 17.7. The minimum Gasteiger partial charge on any atom is -0.357 e. The summed E-state index contributed by atoms with van der Waals surface area (Å²) < 4.78 is 2.22. The van der Waals surface area contributed by atoms with Crippen molar-refractivity contribution in [1.82, 2.24) is 9.88 Å². The van der Waals surface area contributed by atoms with E-state index in [0.29, 0.717) is 0 Å². The first-order valence-corrected chi connectivity index (χ1v) is 10.7. The molecule has 1 amide bonds. The van der Waals surface area contributed by atoms with E-state index in [9.17, 15) is 4.79 Å². The van der Waals surface area contributed by atoms with Crippen LogP contribution in [0.4, 0.5) is 5.69 Å². The standard InChI is InChI=1S/C24H25N3OS/c1-4-18-10-12-20(13-11-18)25-24-26-23(28)22(29-24)15-19-14-16(2)27(17(19)3)21-8-6-5-7-9-21/h5-15,24-25H,4H2,1-3H3,(H,26,28)/b22-15+/t24-/m0/s1. The minimum absolute atomic E-state index is 0.0396. The summed E-state index contributed by atoms with van der Waals surface area (Å²) in [6, 6.07) is 20.7. The van der Waals surface area contributed by atoms with Gasteiger partial charge in [-0.25, -0.2) is 0 Å². The number of amides is 1. The molecule has 5 heteroatoms. The average Bonchev–Trinajstić information content (AvgIpc) is 3.21. The molecule has 3 aromatic rings. The zero-order chi connectivity index (χ0) is 20.4. The number of anilines is 1. The first kappa shape index (κ1) is 19.4. The van der Waals surface area contributed by atoms with Crippen LogP contribution >= 0.6 is 11.8 Å². The fourth-order valence-electron chi connectivity index (χ4n) is 3.60. The third-order valence-electron chi connectivity index (χ3n) is 5.16. The lowest BCUT2D eigenvalue weighted by Gasteiger charge is -2.12. The van der Waals surface area contributed by atoms with Gasteiger partial charge in [0.1, 0.15) is 0 Å². The molecule has 2 heterocycles. The Labute approximate surface area is 176 Å². The maximum absolute atomic E-state index is 12.5.